The van der Waals surface area contributed by atoms with Crippen LogP contribution in [0.25, 0.3) is 10.1 Å². The lowest BCUT2D eigenvalue weighted by Gasteiger charge is -2.41. The molecule has 1 aromatic heterocycles. The third-order valence-corrected chi connectivity index (χ3v) is 5.98. The van der Waals surface area contributed by atoms with Gasteiger partial charge in [0.2, 0.25) is 0 Å². The number of rotatable bonds is 1. The maximum absolute atomic E-state index is 12.9. The number of piperidine rings is 1. The fourth-order valence-electron chi connectivity index (χ4n) is 4.00. The van der Waals surface area contributed by atoms with Gasteiger partial charge in [-0.1, -0.05) is 30.4 Å². The Morgan fingerprint density at radius 1 is 1.09 bits per heavy atom. The molecule has 2 saturated heterocycles. The van der Waals surface area contributed by atoms with E-state index >= 15 is 0 Å². The zero-order valence-electron chi connectivity index (χ0n) is 11.8. The van der Waals surface area contributed by atoms with Crippen LogP contribution in [0.3, 0.4) is 0 Å². The first-order valence-corrected chi connectivity index (χ1v) is 8.44. The predicted molar refractivity (Wildman–Crippen MR) is 86.0 cm³/mol. The predicted octanol–water partition coefficient (Wildman–Crippen LogP) is 3.39. The zero-order chi connectivity index (χ0) is 14.8. The second-order valence-electron chi connectivity index (χ2n) is 6.12. The second kappa shape index (κ2) is 4.20. The Morgan fingerprint density at radius 3 is 2.73 bits per heavy atom. The quantitative estimate of drug-likeness (QED) is 0.598. The molecule has 1 aliphatic carbocycles. The Morgan fingerprint density at radius 2 is 1.95 bits per heavy atom. The van der Waals surface area contributed by atoms with Crippen molar-refractivity contribution in [3.63, 3.8) is 0 Å². The van der Waals surface area contributed by atoms with Gasteiger partial charge in [0.1, 0.15) is 6.04 Å². The van der Waals surface area contributed by atoms with Crippen molar-refractivity contribution in [2.45, 2.75) is 24.9 Å². The normalized spacial score (nSPS) is 29.7. The smallest absolute Gasteiger partial charge is 0.305 e. The highest BCUT2D eigenvalue weighted by molar-refractivity contribution is 7.17. The van der Waals surface area contributed by atoms with E-state index in [2.05, 4.69) is 12.2 Å². The Bertz CT molecular complexity index is 808. The molecule has 4 aliphatic rings. The molecule has 0 saturated carbocycles. The van der Waals surface area contributed by atoms with Gasteiger partial charge in [0.25, 0.3) is 5.91 Å². The molecule has 5 heteroatoms. The highest BCUT2D eigenvalue weighted by atomic mass is 32.1. The average molecular weight is 310 g/mol. The third-order valence-electron chi connectivity index (χ3n) is 5.03. The number of thiophene rings is 1. The monoisotopic (exact) mass is 310 g/mol. The van der Waals surface area contributed by atoms with Gasteiger partial charge in [-0.3, -0.25) is 4.79 Å². The van der Waals surface area contributed by atoms with E-state index < -0.39 is 0 Å². The van der Waals surface area contributed by atoms with E-state index in [1.165, 1.54) is 4.90 Å². The van der Waals surface area contributed by atoms with Gasteiger partial charge in [-0.2, -0.15) is 0 Å². The highest BCUT2D eigenvalue weighted by Gasteiger charge is 2.55. The van der Waals surface area contributed by atoms with E-state index in [0.717, 1.165) is 28.6 Å². The summed E-state index contributed by atoms with van der Waals surface area (Å²) in [4.78, 5) is 29.0. The number of anilines is 1. The van der Waals surface area contributed by atoms with Crippen molar-refractivity contribution in [2.75, 3.05) is 4.90 Å². The number of carbonyl (C=O) groups is 2. The van der Waals surface area contributed by atoms with Crippen LogP contribution in [0.4, 0.5) is 10.5 Å². The van der Waals surface area contributed by atoms with Crippen molar-refractivity contribution in [1.29, 1.82) is 0 Å². The summed E-state index contributed by atoms with van der Waals surface area (Å²) in [5.41, 5.74) is 0.740. The van der Waals surface area contributed by atoms with E-state index in [-0.39, 0.29) is 29.9 Å². The Labute approximate surface area is 131 Å². The molecule has 1 aromatic carbocycles. The first kappa shape index (κ1) is 12.4. The van der Waals surface area contributed by atoms with Crippen molar-refractivity contribution in [1.82, 2.24) is 4.90 Å². The van der Waals surface area contributed by atoms with E-state index in [1.807, 2.05) is 29.6 Å². The van der Waals surface area contributed by atoms with Crippen LogP contribution in [0, 0.1) is 5.92 Å². The lowest BCUT2D eigenvalue weighted by atomic mass is 9.80. The SMILES string of the molecule is O=C1[C@H]2C3C=CC(CC3)N2C(=O)N1c1csc2ccccc12. The first-order valence-electron chi connectivity index (χ1n) is 7.56. The van der Waals surface area contributed by atoms with E-state index in [0.29, 0.717) is 0 Å². The molecule has 110 valence electrons. The molecule has 0 spiro atoms. The lowest BCUT2D eigenvalue weighted by Crippen LogP contribution is -2.52. The van der Waals surface area contributed by atoms with Crippen molar-refractivity contribution in [3.8, 4) is 0 Å². The van der Waals surface area contributed by atoms with E-state index in [4.69, 9.17) is 0 Å². The number of hydrogen-bond acceptors (Lipinski definition) is 3. The lowest BCUT2D eigenvalue weighted by molar-refractivity contribution is -0.122. The van der Waals surface area contributed by atoms with Gasteiger partial charge in [0.05, 0.1) is 11.7 Å². The molecule has 2 fully saturated rings. The van der Waals surface area contributed by atoms with Crippen LogP contribution in [-0.2, 0) is 4.79 Å². The number of carbonyl (C=O) groups excluding carboxylic acids is 2. The van der Waals surface area contributed by atoms with E-state index in [1.54, 1.807) is 16.2 Å². The molecule has 3 atom stereocenters. The molecule has 0 radical (unpaired) electrons. The van der Waals surface area contributed by atoms with E-state index in [9.17, 15) is 9.59 Å². The largest absolute Gasteiger partial charge is 0.332 e. The molecule has 0 N–H and O–H groups in total. The van der Waals surface area contributed by atoms with Crippen LogP contribution in [0.15, 0.2) is 41.8 Å². The van der Waals surface area contributed by atoms with Crippen LogP contribution in [0.1, 0.15) is 12.8 Å². The van der Waals surface area contributed by atoms with Gasteiger partial charge in [0.15, 0.2) is 0 Å². The number of fused-ring (bicyclic) bond motifs is 2. The highest BCUT2D eigenvalue weighted by Crippen LogP contribution is 2.43. The third kappa shape index (κ3) is 1.42. The fourth-order valence-corrected chi connectivity index (χ4v) is 4.93. The van der Waals surface area contributed by atoms with Crippen LogP contribution in [0.2, 0.25) is 0 Å². The van der Waals surface area contributed by atoms with Crippen LogP contribution in [-0.4, -0.2) is 28.9 Å². The molecule has 3 aliphatic heterocycles. The number of amides is 3. The maximum atomic E-state index is 12.9. The Hall–Kier alpha value is -2.14. The fraction of sp³-hybridized carbons (Fsp3) is 0.294. The minimum Gasteiger partial charge on any atom is -0.305 e. The topological polar surface area (TPSA) is 40.6 Å². The number of nitrogens with zero attached hydrogens (tertiary/aromatic N) is 2. The summed E-state index contributed by atoms with van der Waals surface area (Å²) in [7, 11) is 0. The Kier molecular flexibility index (Phi) is 2.37. The summed E-state index contributed by atoms with van der Waals surface area (Å²) in [6.07, 6.45) is 6.18. The molecule has 2 aromatic rings. The van der Waals surface area contributed by atoms with Crippen LogP contribution < -0.4 is 4.90 Å². The summed E-state index contributed by atoms with van der Waals surface area (Å²) < 4.78 is 1.10. The summed E-state index contributed by atoms with van der Waals surface area (Å²) in [6, 6.07) is 7.55. The standard InChI is InChI=1S/C17H14N2O2S/c20-16-15-10-5-7-11(8-6-10)18(15)17(21)19(16)13-9-22-14-4-2-1-3-12(13)14/h1-5,7,9-11,15H,6,8H2/t10?,11?,15-/m1/s1. The first-order chi connectivity index (χ1) is 10.8. The van der Waals surface area contributed by atoms with Gasteiger partial charge >= 0.3 is 6.03 Å². The van der Waals surface area contributed by atoms with Crippen LogP contribution >= 0.6 is 11.3 Å². The molecule has 2 bridgehead atoms. The summed E-state index contributed by atoms with van der Waals surface area (Å²) in [5, 5.41) is 2.91. The molecule has 2 unspecified atom stereocenters. The maximum Gasteiger partial charge on any atom is 0.332 e. The minimum atomic E-state index is -0.296. The van der Waals surface area contributed by atoms with Gasteiger partial charge in [-0.05, 0) is 18.9 Å². The number of imide groups is 1. The number of urea groups is 1. The van der Waals surface area contributed by atoms with Crippen LogP contribution in [0.5, 0.6) is 0 Å². The molecule has 4 nitrogen and oxygen atoms in total. The molecular weight excluding hydrogens is 296 g/mol. The number of benzene rings is 1. The average Bonchev–Trinajstić information content (AvgIpc) is 3.10. The molecule has 4 heterocycles. The summed E-state index contributed by atoms with van der Waals surface area (Å²) in [6.45, 7) is 0. The van der Waals surface area contributed by atoms with Gasteiger partial charge < -0.3 is 4.90 Å². The van der Waals surface area contributed by atoms with Gasteiger partial charge in [0, 0.05) is 21.4 Å². The zero-order valence-corrected chi connectivity index (χ0v) is 12.6. The van der Waals surface area contributed by atoms with Crippen molar-refractivity contribution in [3.05, 3.63) is 41.8 Å². The molecule has 6 rings (SSSR count). The second-order valence-corrected chi connectivity index (χ2v) is 7.03. The van der Waals surface area contributed by atoms with Crippen molar-refractivity contribution in [2.24, 2.45) is 5.92 Å². The van der Waals surface area contributed by atoms with Crippen molar-refractivity contribution < 1.29 is 9.59 Å². The minimum absolute atomic E-state index is 0.0624. The van der Waals surface area contributed by atoms with Crippen molar-refractivity contribution >= 4 is 39.0 Å². The molecule has 3 amide bonds. The number of hydrogen-bond donors (Lipinski definition) is 0. The Balaban J connectivity index is 1.65. The molecule has 22 heavy (non-hydrogen) atoms. The molecular formula is C17H14N2O2S. The summed E-state index contributed by atoms with van der Waals surface area (Å²) >= 11 is 1.58. The van der Waals surface area contributed by atoms with Gasteiger partial charge in [-0.15, -0.1) is 11.3 Å². The van der Waals surface area contributed by atoms with Gasteiger partial charge in [-0.25, -0.2) is 9.69 Å². The summed E-state index contributed by atoms with van der Waals surface area (Å²) in [5.74, 6) is 0.115.